The summed E-state index contributed by atoms with van der Waals surface area (Å²) in [5.74, 6) is 0.471. The number of rotatable bonds is 9. The average molecular weight is 441 g/mol. The molecule has 1 aromatic heterocycles. The lowest BCUT2D eigenvalue weighted by molar-refractivity contribution is -0.385. The number of nitrogens with one attached hydrogen (secondary N) is 1. The van der Waals surface area contributed by atoms with Crippen molar-refractivity contribution < 1.29 is 24.1 Å². The van der Waals surface area contributed by atoms with Crippen LogP contribution in [0.2, 0.25) is 0 Å². The van der Waals surface area contributed by atoms with Crippen molar-refractivity contribution in [3.05, 3.63) is 74.6 Å². The number of anilines is 1. The van der Waals surface area contributed by atoms with Crippen molar-refractivity contribution in [2.45, 2.75) is 19.9 Å². The molecule has 0 aliphatic heterocycles. The molecule has 0 aliphatic rings. The third-order valence-corrected chi connectivity index (χ3v) is 4.37. The van der Waals surface area contributed by atoms with Gasteiger partial charge in [-0.25, -0.2) is 0 Å². The van der Waals surface area contributed by atoms with E-state index in [9.17, 15) is 25.0 Å². The minimum absolute atomic E-state index is 0.0519. The molecule has 0 radical (unpaired) electrons. The molecule has 12 heteroatoms. The number of nitro groups is 2. The van der Waals surface area contributed by atoms with Gasteiger partial charge in [0.1, 0.15) is 17.6 Å². The normalized spacial score (nSPS) is 10.4. The number of amides is 1. The molecular formula is C20H19N5O7. The number of para-hydroxylation sites is 2. The molecule has 3 aromatic rings. The van der Waals surface area contributed by atoms with Crippen LogP contribution in [0.5, 0.6) is 17.2 Å². The average Bonchev–Trinajstić information content (AvgIpc) is 3.13. The Morgan fingerprint density at radius 1 is 1.12 bits per heavy atom. The Bertz CT molecular complexity index is 1170. The SMILES string of the molecule is COc1ccccc1Oc1cc(NC(=O)CCn2cc([N+](=O)[O-])c(C)n2)cc([N+](=O)[O-])c1. The molecule has 0 atom stereocenters. The Balaban J connectivity index is 1.73. The zero-order valence-electron chi connectivity index (χ0n) is 17.2. The molecule has 0 saturated heterocycles. The number of methoxy groups -OCH3 is 1. The predicted octanol–water partition coefficient (Wildman–Crippen LogP) is 3.84. The Morgan fingerprint density at radius 3 is 2.47 bits per heavy atom. The summed E-state index contributed by atoms with van der Waals surface area (Å²) in [4.78, 5) is 33.4. The zero-order valence-corrected chi connectivity index (χ0v) is 17.2. The lowest BCUT2D eigenvalue weighted by atomic mass is 10.2. The Hall–Kier alpha value is -4.48. The summed E-state index contributed by atoms with van der Waals surface area (Å²) in [6.45, 7) is 1.60. The van der Waals surface area contributed by atoms with Gasteiger partial charge in [-0.3, -0.25) is 29.7 Å². The number of aromatic nitrogens is 2. The van der Waals surface area contributed by atoms with Gasteiger partial charge >= 0.3 is 5.69 Å². The second-order valence-electron chi connectivity index (χ2n) is 6.64. The molecular weight excluding hydrogens is 422 g/mol. The first-order chi connectivity index (χ1) is 15.3. The molecule has 0 fully saturated rings. The Labute approximate surface area is 181 Å². The number of benzene rings is 2. The van der Waals surface area contributed by atoms with Crippen LogP contribution < -0.4 is 14.8 Å². The topological polar surface area (TPSA) is 152 Å². The fourth-order valence-electron chi connectivity index (χ4n) is 2.89. The van der Waals surface area contributed by atoms with Gasteiger partial charge in [0.25, 0.3) is 5.69 Å². The monoisotopic (exact) mass is 441 g/mol. The highest BCUT2D eigenvalue weighted by Gasteiger charge is 2.17. The van der Waals surface area contributed by atoms with Crippen LogP contribution in [-0.4, -0.2) is 32.6 Å². The van der Waals surface area contributed by atoms with E-state index < -0.39 is 15.8 Å². The first kappa shape index (κ1) is 22.2. The molecule has 166 valence electrons. The van der Waals surface area contributed by atoms with E-state index >= 15 is 0 Å². The first-order valence-corrected chi connectivity index (χ1v) is 9.35. The van der Waals surface area contributed by atoms with Crippen LogP contribution in [0.1, 0.15) is 12.1 Å². The van der Waals surface area contributed by atoms with Gasteiger partial charge in [0.15, 0.2) is 11.5 Å². The second kappa shape index (κ2) is 9.55. The van der Waals surface area contributed by atoms with E-state index in [0.717, 1.165) is 0 Å². The summed E-state index contributed by atoms with van der Waals surface area (Å²) in [5, 5.41) is 28.8. The summed E-state index contributed by atoms with van der Waals surface area (Å²) in [5.41, 5.74) is -0.00260. The number of hydrogen-bond acceptors (Lipinski definition) is 8. The fourth-order valence-corrected chi connectivity index (χ4v) is 2.89. The maximum absolute atomic E-state index is 12.3. The van der Waals surface area contributed by atoms with E-state index in [0.29, 0.717) is 11.5 Å². The minimum Gasteiger partial charge on any atom is -0.493 e. The van der Waals surface area contributed by atoms with Gasteiger partial charge in [-0.1, -0.05) is 12.1 Å². The van der Waals surface area contributed by atoms with Gasteiger partial charge in [-0.15, -0.1) is 0 Å². The fraction of sp³-hybridized carbons (Fsp3) is 0.200. The zero-order chi connectivity index (χ0) is 23.3. The molecule has 1 N–H and O–H groups in total. The van der Waals surface area contributed by atoms with Crippen molar-refractivity contribution in [2.75, 3.05) is 12.4 Å². The van der Waals surface area contributed by atoms with Gasteiger partial charge in [0.05, 0.1) is 28.7 Å². The van der Waals surface area contributed by atoms with E-state index in [1.54, 1.807) is 24.3 Å². The molecule has 1 amide bonds. The molecule has 12 nitrogen and oxygen atoms in total. The first-order valence-electron chi connectivity index (χ1n) is 9.35. The van der Waals surface area contributed by atoms with Crippen molar-refractivity contribution >= 4 is 23.0 Å². The van der Waals surface area contributed by atoms with Gasteiger partial charge in [0.2, 0.25) is 5.91 Å². The minimum atomic E-state index is -0.601. The van der Waals surface area contributed by atoms with Gasteiger partial charge < -0.3 is 14.8 Å². The molecule has 0 spiro atoms. The summed E-state index contributed by atoms with van der Waals surface area (Å²) >= 11 is 0. The third-order valence-electron chi connectivity index (χ3n) is 4.37. The number of hydrogen-bond donors (Lipinski definition) is 1. The molecule has 0 aliphatic carbocycles. The standard InChI is InChI=1S/C20H19N5O7/c1-13-17(25(29)30)12-23(22-13)8-7-20(26)21-14-9-15(24(27)28)11-16(10-14)32-19-6-4-3-5-18(19)31-2/h3-6,9-12H,7-8H2,1-2H3,(H,21,26). The van der Waals surface area contributed by atoms with Crippen LogP contribution in [0.25, 0.3) is 0 Å². The Morgan fingerprint density at radius 2 is 1.84 bits per heavy atom. The summed E-state index contributed by atoms with van der Waals surface area (Å²) in [7, 11) is 1.47. The van der Waals surface area contributed by atoms with Crippen LogP contribution in [0.4, 0.5) is 17.1 Å². The lowest BCUT2D eigenvalue weighted by Gasteiger charge is -2.12. The van der Waals surface area contributed by atoms with E-state index in [1.165, 1.54) is 43.1 Å². The van der Waals surface area contributed by atoms with Crippen LogP contribution in [0.3, 0.4) is 0 Å². The molecule has 1 heterocycles. The quantitative estimate of drug-likeness (QED) is 0.388. The molecule has 3 rings (SSSR count). The predicted molar refractivity (Wildman–Crippen MR) is 113 cm³/mol. The maximum atomic E-state index is 12.3. The highest BCUT2D eigenvalue weighted by atomic mass is 16.6. The number of aryl methyl sites for hydroxylation is 2. The van der Waals surface area contributed by atoms with Crippen molar-refractivity contribution in [1.82, 2.24) is 9.78 Å². The van der Waals surface area contributed by atoms with Crippen LogP contribution in [0.15, 0.2) is 48.7 Å². The van der Waals surface area contributed by atoms with Gasteiger partial charge in [-0.2, -0.15) is 5.10 Å². The molecule has 32 heavy (non-hydrogen) atoms. The maximum Gasteiger partial charge on any atom is 0.309 e. The van der Waals surface area contributed by atoms with E-state index in [2.05, 4.69) is 10.4 Å². The molecule has 0 saturated carbocycles. The summed E-state index contributed by atoms with van der Waals surface area (Å²) in [6.07, 6.45) is 1.19. The van der Waals surface area contributed by atoms with E-state index in [-0.39, 0.29) is 41.5 Å². The van der Waals surface area contributed by atoms with E-state index in [4.69, 9.17) is 9.47 Å². The number of carbonyl (C=O) groups excluding carboxylic acids is 1. The largest absolute Gasteiger partial charge is 0.493 e. The highest BCUT2D eigenvalue weighted by molar-refractivity contribution is 5.91. The molecule has 2 aromatic carbocycles. The van der Waals surface area contributed by atoms with Gasteiger partial charge in [-0.05, 0) is 19.1 Å². The van der Waals surface area contributed by atoms with Crippen LogP contribution in [0, 0.1) is 27.2 Å². The number of nitrogens with zero attached hydrogens (tertiary/aromatic N) is 4. The molecule has 0 unspecified atom stereocenters. The van der Waals surface area contributed by atoms with E-state index in [1.807, 2.05) is 0 Å². The van der Waals surface area contributed by atoms with Crippen molar-refractivity contribution in [1.29, 1.82) is 0 Å². The van der Waals surface area contributed by atoms with Crippen molar-refractivity contribution in [2.24, 2.45) is 0 Å². The highest BCUT2D eigenvalue weighted by Crippen LogP contribution is 2.34. The number of ether oxygens (including phenoxy) is 2. The lowest BCUT2D eigenvalue weighted by Crippen LogP contribution is -2.15. The van der Waals surface area contributed by atoms with Crippen LogP contribution >= 0.6 is 0 Å². The third kappa shape index (κ3) is 5.36. The van der Waals surface area contributed by atoms with Crippen LogP contribution in [-0.2, 0) is 11.3 Å². The number of carbonyl (C=O) groups is 1. The summed E-state index contributed by atoms with van der Waals surface area (Å²) < 4.78 is 12.2. The smallest absolute Gasteiger partial charge is 0.309 e. The van der Waals surface area contributed by atoms with Crippen molar-refractivity contribution in [3.8, 4) is 17.2 Å². The summed E-state index contributed by atoms with van der Waals surface area (Å²) in [6, 6.07) is 10.7. The van der Waals surface area contributed by atoms with Crippen molar-refractivity contribution in [3.63, 3.8) is 0 Å². The van der Waals surface area contributed by atoms with Gasteiger partial charge in [0, 0.05) is 25.1 Å². The second-order valence-corrected chi connectivity index (χ2v) is 6.64. The number of non-ortho nitro benzene ring substituents is 1. The molecule has 0 bridgehead atoms. The Kier molecular flexibility index (Phi) is 6.63. The number of nitro benzene ring substituents is 1.